The molecule has 0 unspecified atom stereocenters. The fourth-order valence-electron chi connectivity index (χ4n) is 2.12. The van der Waals surface area contributed by atoms with Crippen LogP contribution in [0.2, 0.25) is 0 Å². The number of halogens is 1. The molecule has 18 heavy (non-hydrogen) atoms. The Balaban J connectivity index is 2.22. The fraction of sp³-hybridized carbons (Fsp3) is 0.357. The van der Waals surface area contributed by atoms with Crippen LogP contribution in [0.5, 0.6) is 5.75 Å². The summed E-state index contributed by atoms with van der Waals surface area (Å²) in [6, 6.07) is 5.63. The van der Waals surface area contributed by atoms with Gasteiger partial charge in [0, 0.05) is 11.6 Å². The highest BCUT2D eigenvalue weighted by Crippen LogP contribution is 2.33. The lowest BCUT2D eigenvalue weighted by molar-refractivity contribution is -0.131. The molecule has 3 nitrogen and oxygen atoms in total. The number of hydrogen-bond acceptors (Lipinski definition) is 2. The smallest absolute Gasteiger partial charge is 0.328 e. The fourth-order valence-corrected chi connectivity index (χ4v) is 2.59. The molecule has 1 aromatic rings. The van der Waals surface area contributed by atoms with Crippen LogP contribution in [-0.2, 0) is 4.79 Å². The molecular formula is C14H15BrO3. The topological polar surface area (TPSA) is 46.5 Å². The van der Waals surface area contributed by atoms with Crippen molar-refractivity contribution in [3.05, 3.63) is 34.3 Å². The van der Waals surface area contributed by atoms with Crippen molar-refractivity contribution in [3.63, 3.8) is 0 Å². The van der Waals surface area contributed by atoms with E-state index in [1.165, 1.54) is 12.8 Å². The number of ether oxygens (including phenoxy) is 1. The normalized spacial score (nSPS) is 16.3. The summed E-state index contributed by atoms with van der Waals surface area (Å²) >= 11 is 3.46. The van der Waals surface area contributed by atoms with Gasteiger partial charge >= 0.3 is 5.97 Å². The van der Waals surface area contributed by atoms with Crippen LogP contribution >= 0.6 is 15.9 Å². The first-order valence-electron chi connectivity index (χ1n) is 6.03. The lowest BCUT2D eigenvalue weighted by Gasteiger charge is -2.16. The van der Waals surface area contributed by atoms with Gasteiger partial charge in [-0.2, -0.15) is 0 Å². The first kappa shape index (κ1) is 13.1. The first-order chi connectivity index (χ1) is 8.66. The Hall–Kier alpha value is -1.29. The summed E-state index contributed by atoms with van der Waals surface area (Å²) in [5, 5.41) is 8.68. The van der Waals surface area contributed by atoms with Crippen LogP contribution in [0.4, 0.5) is 0 Å². The minimum atomic E-state index is -0.957. The summed E-state index contributed by atoms with van der Waals surface area (Å²) in [6.45, 7) is 0. The van der Waals surface area contributed by atoms with E-state index in [-0.39, 0.29) is 6.10 Å². The quantitative estimate of drug-likeness (QED) is 0.859. The van der Waals surface area contributed by atoms with Crippen molar-refractivity contribution in [2.75, 3.05) is 0 Å². The number of benzene rings is 1. The second-order valence-electron chi connectivity index (χ2n) is 4.35. The van der Waals surface area contributed by atoms with Gasteiger partial charge in [0.05, 0.1) is 10.6 Å². The zero-order valence-corrected chi connectivity index (χ0v) is 11.5. The maximum atomic E-state index is 10.6. The van der Waals surface area contributed by atoms with E-state index in [1.807, 2.05) is 18.2 Å². The molecule has 0 heterocycles. The Bertz CT molecular complexity index is 462. The van der Waals surface area contributed by atoms with E-state index in [2.05, 4.69) is 15.9 Å². The van der Waals surface area contributed by atoms with E-state index >= 15 is 0 Å². The molecule has 1 saturated carbocycles. The van der Waals surface area contributed by atoms with Gasteiger partial charge in [0.1, 0.15) is 5.75 Å². The van der Waals surface area contributed by atoms with Gasteiger partial charge in [-0.15, -0.1) is 0 Å². The number of carboxylic acids is 1. The lowest BCUT2D eigenvalue weighted by atomic mass is 10.2. The SMILES string of the molecule is O=C(O)C=Cc1cccc(Br)c1OC1CCCC1. The second-order valence-corrected chi connectivity index (χ2v) is 5.21. The molecule has 4 heteroatoms. The largest absolute Gasteiger partial charge is 0.489 e. The summed E-state index contributed by atoms with van der Waals surface area (Å²) < 4.78 is 6.84. The summed E-state index contributed by atoms with van der Waals surface area (Å²) in [5.41, 5.74) is 0.790. The molecule has 2 rings (SSSR count). The molecule has 0 amide bonds. The third-order valence-electron chi connectivity index (χ3n) is 2.99. The first-order valence-corrected chi connectivity index (χ1v) is 6.82. The van der Waals surface area contributed by atoms with E-state index in [4.69, 9.17) is 9.84 Å². The minimum Gasteiger partial charge on any atom is -0.489 e. The molecule has 0 spiro atoms. The molecular weight excluding hydrogens is 296 g/mol. The number of carboxylic acid groups (broad SMARTS) is 1. The van der Waals surface area contributed by atoms with Crippen molar-refractivity contribution >= 4 is 28.0 Å². The van der Waals surface area contributed by atoms with E-state index < -0.39 is 5.97 Å². The molecule has 0 atom stereocenters. The number of carbonyl (C=O) groups is 1. The van der Waals surface area contributed by atoms with E-state index in [0.717, 1.165) is 34.7 Å². The molecule has 1 aliphatic carbocycles. The average Bonchev–Trinajstić information content (AvgIpc) is 2.82. The van der Waals surface area contributed by atoms with Gasteiger partial charge in [0.15, 0.2) is 0 Å². The second kappa shape index (κ2) is 6.05. The van der Waals surface area contributed by atoms with Crippen LogP contribution in [0.1, 0.15) is 31.2 Å². The van der Waals surface area contributed by atoms with Crippen molar-refractivity contribution < 1.29 is 14.6 Å². The highest BCUT2D eigenvalue weighted by Gasteiger charge is 2.18. The number of aliphatic carboxylic acids is 1. The Labute approximate surface area is 115 Å². The number of para-hydroxylation sites is 1. The molecule has 0 radical (unpaired) electrons. The minimum absolute atomic E-state index is 0.251. The van der Waals surface area contributed by atoms with Gasteiger partial charge in [0.25, 0.3) is 0 Å². The van der Waals surface area contributed by atoms with Crippen LogP contribution in [0.15, 0.2) is 28.7 Å². The molecule has 0 bridgehead atoms. The lowest BCUT2D eigenvalue weighted by Crippen LogP contribution is -2.12. The third kappa shape index (κ3) is 3.35. The number of hydrogen-bond donors (Lipinski definition) is 1. The molecule has 96 valence electrons. The molecule has 0 aromatic heterocycles. The summed E-state index contributed by atoms with van der Waals surface area (Å²) in [7, 11) is 0. The van der Waals surface area contributed by atoms with E-state index in [9.17, 15) is 4.79 Å². The predicted molar refractivity (Wildman–Crippen MR) is 73.7 cm³/mol. The molecule has 1 fully saturated rings. The van der Waals surface area contributed by atoms with Gasteiger partial charge in [-0.3, -0.25) is 0 Å². The summed E-state index contributed by atoms with van der Waals surface area (Å²) in [5.74, 6) is -0.219. The molecule has 1 aliphatic rings. The predicted octanol–water partition coefficient (Wildman–Crippen LogP) is 3.87. The molecule has 0 saturated heterocycles. The zero-order valence-electron chi connectivity index (χ0n) is 9.93. The Morgan fingerprint density at radius 3 is 2.78 bits per heavy atom. The highest BCUT2D eigenvalue weighted by molar-refractivity contribution is 9.10. The third-order valence-corrected chi connectivity index (χ3v) is 3.61. The molecule has 1 aromatic carbocycles. The summed E-state index contributed by atoms with van der Waals surface area (Å²) in [6.07, 6.45) is 7.50. The van der Waals surface area contributed by atoms with Crippen molar-refractivity contribution in [3.8, 4) is 5.75 Å². The maximum absolute atomic E-state index is 10.6. The van der Waals surface area contributed by atoms with Crippen molar-refractivity contribution in [1.82, 2.24) is 0 Å². The molecule has 1 N–H and O–H groups in total. The van der Waals surface area contributed by atoms with Crippen molar-refractivity contribution in [2.24, 2.45) is 0 Å². The Morgan fingerprint density at radius 1 is 1.39 bits per heavy atom. The highest BCUT2D eigenvalue weighted by atomic mass is 79.9. The summed E-state index contributed by atoms with van der Waals surface area (Å²) in [4.78, 5) is 10.6. The van der Waals surface area contributed by atoms with Gasteiger partial charge in [-0.05, 0) is 53.8 Å². The Morgan fingerprint density at radius 2 is 2.11 bits per heavy atom. The van der Waals surface area contributed by atoms with Gasteiger partial charge in [-0.1, -0.05) is 12.1 Å². The van der Waals surface area contributed by atoms with Gasteiger partial charge in [-0.25, -0.2) is 4.79 Å². The van der Waals surface area contributed by atoms with Gasteiger partial charge in [0.2, 0.25) is 0 Å². The van der Waals surface area contributed by atoms with Crippen LogP contribution in [0, 0.1) is 0 Å². The van der Waals surface area contributed by atoms with Gasteiger partial charge < -0.3 is 9.84 Å². The van der Waals surface area contributed by atoms with E-state index in [0.29, 0.717) is 0 Å². The van der Waals surface area contributed by atoms with Crippen LogP contribution in [0.3, 0.4) is 0 Å². The van der Waals surface area contributed by atoms with Crippen LogP contribution < -0.4 is 4.74 Å². The van der Waals surface area contributed by atoms with Crippen molar-refractivity contribution in [1.29, 1.82) is 0 Å². The zero-order chi connectivity index (χ0) is 13.0. The van der Waals surface area contributed by atoms with Crippen LogP contribution in [0.25, 0.3) is 6.08 Å². The van der Waals surface area contributed by atoms with Crippen LogP contribution in [-0.4, -0.2) is 17.2 Å². The Kier molecular flexibility index (Phi) is 4.42. The van der Waals surface area contributed by atoms with Crippen molar-refractivity contribution in [2.45, 2.75) is 31.8 Å². The molecule has 0 aliphatic heterocycles. The standard InChI is InChI=1S/C14H15BrO3/c15-12-7-3-4-10(8-9-13(16)17)14(12)18-11-5-1-2-6-11/h3-4,7-9,11H,1-2,5-6H2,(H,16,17). The number of rotatable bonds is 4. The van der Waals surface area contributed by atoms with E-state index in [1.54, 1.807) is 6.08 Å². The monoisotopic (exact) mass is 310 g/mol. The average molecular weight is 311 g/mol. The maximum Gasteiger partial charge on any atom is 0.328 e.